The third kappa shape index (κ3) is 2.57. The summed E-state index contributed by atoms with van der Waals surface area (Å²) in [6, 6.07) is 6.19. The zero-order valence-electron chi connectivity index (χ0n) is 10.5. The number of benzene rings is 1. The molecule has 0 aliphatic heterocycles. The highest BCUT2D eigenvalue weighted by atomic mass is 19.1. The smallest absolute Gasteiger partial charge is 0.357 e. The van der Waals surface area contributed by atoms with Crippen LogP contribution < -0.4 is 4.90 Å². The molecule has 0 radical (unpaired) electrons. The molecule has 1 atom stereocenters. The van der Waals surface area contributed by atoms with E-state index >= 15 is 0 Å². The Morgan fingerprint density at radius 2 is 2.16 bits per heavy atom. The highest BCUT2D eigenvalue weighted by Crippen LogP contribution is 2.26. The number of aromatic carboxylic acids is 1. The molecule has 0 saturated heterocycles. The first-order chi connectivity index (χ1) is 9.00. The molecule has 19 heavy (non-hydrogen) atoms. The summed E-state index contributed by atoms with van der Waals surface area (Å²) in [4.78, 5) is 16.1. The zero-order valence-corrected chi connectivity index (χ0v) is 10.5. The van der Waals surface area contributed by atoms with E-state index in [0.717, 1.165) is 6.26 Å². The van der Waals surface area contributed by atoms with Gasteiger partial charge in [0.1, 0.15) is 12.1 Å². The molecule has 0 fully saturated rings. The van der Waals surface area contributed by atoms with Gasteiger partial charge in [-0.3, -0.25) is 0 Å². The quantitative estimate of drug-likeness (QED) is 0.919. The Hall–Kier alpha value is -2.37. The van der Waals surface area contributed by atoms with E-state index in [0.29, 0.717) is 5.56 Å². The number of anilines is 1. The van der Waals surface area contributed by atoms with Crippen molar-refractivity contribution < 1.29 is 18.7 Å². The van der Waals surface area contributed by atoms with Gasteiger partial charge in [0, 0.05) is 12.6 Å². The lowest BCUT2D eigenvalue weighted by atomic mass is 10.1. The molecule has 0 amide bonds. The number of carbonyl (C=O) groups is 1. The Balaban J connectivity index is 2.25. The van der Waals surface area contributed by atoms with Crippen molar-refractivity contribution in [2.24, 2.45) is 0 Å². The van der Waals surface area contributed by atoms with Crippen molar-refractivity contribution >= 4 is 12.0 Å². The molecule has 0 bridgehead atoms. The monoisotopic (exact) mass is 264 g/mol. The third-order valence-electron chi connectivity index (χ3n) is 2.95. The number of halogens is 1. The van der Waals surface area contributed by atoms with Crippen molar-refractivity contribution in [1.82, 2.24) is 4.98 Å². The molecule has 0 aliphatic carbocycles. The molecule has 2 aromatic rings. The number of oxazole rings is 1. The molecule has 1 aromatic heterocycles. The van der Waals surface area contributed by atoms with Gasteiger partial charge in [0.05, 0.1) is 6.04 Å². The van der Waals surface area contributed by atoms with Crippen LogP contribution in [-0.2, 0) is 0 Å². The molecule has 0 spiro atoms. The van der Waals surface area contributed by atoms with Crippen LogP contribution in [0.4, 0.5) is 10.4 Å². The predicted molar refractivity (Wildman–Crippen MR) is 66.7 cm³/mol. The molecule has 1 heterocycles. The van der Waals surface area contributed by atoms with Gasteiger partial charge >= 0.3 is 5.97 Å². The number of carboxylic acids is 1. The first-order valence-electron chi connectivity index (χ1n) is 5.66. The van der Waals surface area contributed by atoms with Gasteiger partial charge in [0.15, 0.2) is 5.69 Å². The van der Waals surface area contributed by atoms with Crippen LogP contribution in [0.2, 0.25) is 0 Å². The summed E-state index contributed by atoms with van der Waals surface area (Å²) in [5.74, 6) is -1.49. The Kier molecular flexibility index (Phi) is 3.50. The van der Waals surface area contributed by atoms with Crippen molar-refractivity contribution in [3.63, 3.8) is 0 Å². The maximum atomic E-state index is 13.7. The molecule has 0 aliphatic rings. The van der Waals surface area contributed by atoms with Crippen LogP contribution in [0.25, 0.3) is 0 Å². The Labute approximate surface area is 109 Å². The molecule has 100 valence electrons. The van der Waals surface area contributed by atoms with Crippen LogP contribution in [0.5, 0.6) is 0 Å². The molecule has 2 rings (SSSR count). The van der Waals surface area contributed by atoms with E-state index < -0.39 is 5.97 Å². The van der Waals surface area contributed by atoms with E-state index in [1.54, 1.807) is 37.1 Å². The van der Waals surface area contributed by atoms with E-state index in [4.69, 9.17) is 9.52 Å². The minimum absolute atomic E-state index is 0.133. The molecule has 5 nitrogen and oxygen atoms in total. The van der Waals surface area contributed by atoms with Gasteiger partial charge in [0.25, 0.3) is 6.01 Å². The number of rotatable bonds is 4. The summed E-state index contributed by atoms with van der Waals surface area (Å²) in [7, 11) is 1.66. The van der Waals surface area contributed by atoms with Crippen molar-refractivity contribution in [2.45, 2.75) is 13.0 Å². The third-order valence-corrected chi connectivity index (χ3v) is 2.95. The minimum Gasteiger partial charge on any atom is -0.476 e. The standard InChI is InChI=1S/C13H13FN2O3/c1-8(9-5-3-4-6-10(9)14)16(2)13-15-11(7-19-13)12(17)18/h3-8H,1-2H3,(H,17,18). The molecule has 1 N–H and O–H groups in total. The van der Waals surface area contributed by atoms with Crippen molar-refractivity contribution in [2.75, 3.05) is 11.9 Å². The van der Waals surface area contributed by atoms with Crippen LogP contribution >= 0.6 is 0 Å². The highest BCUT2D eigenvalue weighted by molar-refractivity contribution is 5.85. The molecular weight excluding hydrogens is 251 g/mol. The van der Waals surface area contributed by atoms with E-state index in [-0.39, 0.29) is 23.6 Å². The average molecular weight is 264 g/mol. The van der Waals surface area contributed by atoms with Crippen molar-refractivity contribution in [1.29, 1.82) is 0 Å². The number of aromatic nitrogens is 1. The summed E-state index contributed by atoms with van der Waals surface area (Å²) in [5.41, 5.74) is 0.308. The second kappa shape index (κ2) is 5.09. The van der Waals surface area contributed by atoms with Gasteiger partial charge in [0.2, 0.25) is 0 Å². The lowest BCUT2D eigenvalue weighted by Crippen LogP contribution is -2.22. The summed E-state index contributed by atoms with van der Waals surface area (Å²) in [6.45, 7) is 1.78. The zero-order chi connectivity index (χ0) is 14.0. The van der Waals surface area contributed by atoms with Crippen LogP contribution in [0, 0.1) is 5.82 Å². The summed E-state index contributed by atoms with van der Waals surface area (Å²) in [6.07, 6.45) is 1.06. The van der Waals surface area contributed by atoms with Crippen LogP contribution in [-0.4, -0.2) is 23.1 Å². The second-order valence-corrected chi connectivity index (χ2v) is 4.13. The topological polar surface area (TPSA) is 66.6 Å². The largest absolute Gasteiger partial charge is 0.476 e. The lowest BCUT2D eigenvalue weighted by molar-refractivity contribution is 0.0690. The van der Waals surface area contributed by atoms with E-state index in [1.807, 2.05) is 0 Å². The van der Waals surface area contributed by atoms with E-state index in [2.05, 4.69) is 4.98 Å². The van der Waals surface area contributed by atoms with Gasteiger partial charge in [-0.25, -0.2) is 9.18 Å². The summed E-state index contributed by atoms with van der Waals surface area (Å²) < 4.78 is 18.8. The van der Waals surface area contributed by atoms with Gasteiger partial charge in [-0.1, -0.05) is 18.2 Å². The normalized spacial score (nSPS) is 12.2. The average Bonchev–Trinajstić information content (AvgIpc) is 2.87. The first-order valence-corrected chi connectivity index (χ1v) is 5.66. The first kappa shape index (κ1) is 13.1. The fraction of sp³-hybridized carbons (Fsp3) is 0.231. The second-order valence-electron chi connectivity index (χ2n) is 4.13. The Bertz CT molecular complexity index is 597. The van der Waals surface area contributed by atoms with Crippen molar-refractivity contribution in [3.05, 3.63) is 47.6 Å². The van der Waals surface area contributed by atoms with Gasteiger partial charge in [-0.05, 0) is 13.0 Å². The number of hydrogen-bond donors (Lipinski definition) is 1. The molecule has 1 aromatic carbocycles. The van der Waals surface area contributed by atoms with E-state index in [9.17, 15) is 9.18 Å². The molecule has 0 saturated carbocycles. The number of nitrogens with zero attached hydrogens (tertiary/aromatic N) is 2. The molecule has 1 unspecified atom stereocenters. The molecular formula is C13H13FN2O3. The van der Waals surface area contributed by atoms with Crippen LogP contribution in [0.15, 0.2) is 34.9 Å². The Morgan fingerprint density at radius 1 is 1.47 bits per heavy atom. The predicted octanol–water partition coefficient (Wildman–Crippen LogP) is 2.71. The van der Waals surface area contributed by atoms with Gasteiger partial charge in [-0.15, -0.1) is 0 Å². The summed E-state index contributed by atoms with van der Waals surface area (Å²) >= 11 is 0. The summed E-state index contributed by atoms with van der Waals surface area (Å²) in [5, 5.41) is 8.78. The maximum absolute atomic E-state index is 13.7. The SMILES string of the molecule is CC(c1ccccc1F)N(C)c1nc(C(=O)O)co1. The fourth-order valence-electron chi connectivity index (χ4n) is 1.71. The van der Waals surface area contributed by atoms with Crippen LogP contribution in [0.1, 0.15) is 29.0 Å². The van der Waals surface area contributed by atoms with Crippen molar-refractivity contribution in [3.8, 4) is 0 Å². The highest BCUT2D eigenvalue weighted by Gasteiger charge is 2.20. The number of carboxylic acid groups (broad SMARTS) is 1. The fourth-order valence-corrected chi connectivity index (χ4v) is 1.71. The van der Waals surface area contributed by atoms with E-state index in [1.165, 1.54) is 6.07 Å². The lowest BCUT2D eigenvalue weighted by Gasteiger charge is -2.23. The maximum Gasteiger partial charge on any atom is 0.357 e. The van der Waals surface area contributed by atoms with Gasteiger partial charge in [-0.2, -0.15) is 4.98 Å². The minimum atomic E-state index is -1.16. The van der Waals surface area contributed by atoms with Gasteiger partial charge < -0.3 is 14.4 Å². The van der Waals surface area contributed by atoms with Crippen LogP contribution in [0.3, 0.4) is 0 Å². The number of hydrogen-bond acceptors (Lipinski definition) is 4. The molecule has 6 heteroatoms. The Morgan fingerprint density at radius 3 is 2.74 bits per heavy atom.